The minimum atomic E-state index is -1.03. The SMILES string of the molecule is O=C(O)COc1ccc(/C=N/NC(=O)CSCc2ccccc2Br)cc1. The molecule has 0 spiro atoms. The smallest absolute Gasteiger partial charge is 0.341 e. The largest absolute Gasteiger partial charge is 0.482 e. The first-order chi connectivity index (χ1) is 12.5. The van der Waals surface area contributed by atoms with Gasteiger partial charge in [-0.25, -0.2) is 10.2 Å². The molecule has 0 atom stereocenters. The van der Waals surface area contributed by atoms with Crippen LogP contribution in [0.1, 0.15) is 11.1 Å². The Morgan fingerprint density at radius 1 is 1.19 bits per heavy atom. The van der Waals surface area contributed by atoms with Crippen LogP contribution in [-0.4, -0.2) is 35.6 Å². The number of nitrogens with one attached hydrogen (secondary N) is 1. The second-order valence-electron chi connectivity index (χ2n) is 5.13. The van der Waals surface area contributed by atoms with Crippen LogP contribution in [-0.2, 0) is 15.3 Å². The predicted octanol–water partition coefficient (Wildman–Crippen LogP) is 3.30. The Morgan fingerprint density at radius 2 is 1.92 bits per heavy atom. The maximum Gasteiger partial charge on any atom is 0.341 e. The summed E-state index contributed by atoms with van der Waals surface area (Å²) < 4.78 is 6.06. The number of carboxylic acids is 1. The zero-order valence-electron chi connectivity index (χ0n) is 13.7. The number of thioether (sulfide) groups is 1. The predicted molar refractivity (Wildman–Crippen MR) is 106 cm³/mol. The molecule has 0 saturated carbocycles. The number of carbonyl (C=O) groups excluding carboxylic acids is 1. The molecule has 0 fully saturated rings. The van der Waals surface area contributed by atoms with Crippen molar-refractivity contribution in [3.63, 3.8) is 0 Å². The highest BCUT2D eigenvalue weighted by Gasteiger charge is 2.03. The monoisotopic (exact) mass is 436 g/mol. The number of hydrogen-bond acceptors (Lipinski definition) is 5. The van der Waals surface area contributed by atoms with E-state index >= 15 is 0 Å². The van der Waals surface area contributed by atoms with Gasteiger partial charge in [0.15, 0.2) is 6.61 Å². The van der Waals surface area contributed by atoms with Crippen molar-refractivity contribution in [2.24, 2.45) is 5.10 Å². The summed E-state index contributed by atoms with van der Waals surface area (Å²) in [6.07, 6.45) is 1.51. The van der Waals surface area contributed by atoms with Crippen LogP contribution in [0.5, 0.6) is 5.75 Å². The fraction of sp³-hybridized carbons (Fsp3) is 0.167. The van der Waals surface area contributed by atoms with Crippen LogP contribution in [0.2, 0.25) is 0 Å². The molecule has 6 nitrogen and oxygen atoms in total. The van der Waals surface area contributed by atoms with E-state index in [4.69, 9.17) is 9.84 Å². The van der Waals surface area contributed by atoms with E-state index in [1.807, 2.05) is 24.3 Å². The van der Waals surface area contributed by atoms with Crippen molar-refractivity contribution in [2.45, 2.75) is 5.75 Å². The topological polar surface area (TPSA) is 88.0 Å². The molecule has 0 bridgehead atoms. The van der Waals surface area contributed by atoms with Crippen LogP contribution in [0, 0.1) is 0 Å². The van der Waals surface area contributed by atoms with E-state index in [0.29, 0.717) is 11.5 Å². The van der Waals surface area contributed by atoms with Gasteiger partial charge in [-0.15, -0.1) is 11.8 Å². The number of hydrazone groups is 1. The lowest BCUT2D eigenvalue weighted by Gasteiger charge is -2.04. The van der Waals surface area contributed by atoms with Crippen LogP contribution in [0.25, 0.3) is 0 Å². The molecule has 0 heterocycles. The number of aliphatic carboxylic acids is 1. The van der Waals surface area contributed by atoms with E-state index in [-0.39, 0.29) is 12.5 Å². The Hall–Kier alpha value is -2.32. The molecule has 2 rings (SSSR count). The van der Waals surface area contributed by atoms with Crippen molar-refractivity contribution < 1.29 is 19.4 Å². The average molecular weight is 437 g/mol. The van der Waals surface area contributed by atoms with Gasteiger partial charge >= 0.3 is 5.97 Å². The summed E-state index contributed by atoms with van der Waals surface area (Å²) in [4.78, 5) is 22.2. The molecule has 0 radical (unpaired) electrons. The lowest BCUT2D eigenvalue weighted by molar-refractivity contribution is -0.139. The van der Waals surface area contributed by atoms with Crippen molar-refractivity contribution in [2.75, 3.05) is 12.4 Å². The Bertz CT molecular complexity index is 781. The number of amides is 1. The molecule has 0 saturated heterocycles. The van der Waals surface area contributed by atoms with Crippen LogP contribution >= 0.6 is 27.7 Å². The van der Waals surface area contributed by atoms with E-state index in [1.165, 1.54) is 18.0 Å². The van der Waals surface area contributed by atoms with Gasteiger partial charge in [-0.2, -0.15) is 5.10 Å². The molecule has 0 aliphatic carbocycles. The van der Waals surface area contributed by atoms with Gasteiger partial charge in [-0.05, 0) is 41.5 Å². The normalized spacial score (nSPS) is 10.7. The molecule has 0 unspecified atom stereocenters. The van der Waals surface area contributed by atoms with E-state index in [2.05, 4.69) is 26.5 Å². The van der Waals surface area contributed by atoms with Crippen molar-refractivity contribution >= 4 is 45.8 Å². The summed E-state index contributed by atoms with van der Waals surface area (Å²) in [6, 6.07) is 14.6. The highest BCUT2D eigenvalue weighted by atomic mass is 79.9. The fourth-order valence-corrected chi connectivity index (χ4v) is 3.31. The molecular weight excluding hydrogens is 420 g/mol. The molecular formula is C18H17BrN2O4S. The first-order valence-corrected chi connectivity index (χ1v) is 9.57. The lowest BCUT2D eigenvalue weighted by Crippen LogP contribution is -2.19. The number of hydrogen-bond donors (Lipinski definition) is 2. The van der Waals surface area contributed by atoms with Gasteiger partial charge in [0, 0.05) is 10.2 Å². The summed E-state index contributed by atoms with van der Waals surface area (Å²) in [6.45, 7) is -0.388. The number of carbonyl (C=O) groups is 2. The summed E-state index contributed by atoms with van der Waals surface area (Å²) in [5.74, 6) is 0.282. The molecule has 2 N–H and O–H groups in total. The zero-order valence-corrected chi connectivity index (χ0v) is 16.1. The Kier molecular flexibility index (Phi) is 8.17. The number of ether oxygens (including phenoxy) is 1. The Balaban J connectivity index is 1.71. The standard InChI is InChI=1S/C18H17BrN2O4S/c19-16-4-2-1-3-14(16)11-26-12-17(22)21-20-9-13-5-7-15(8-6-13)25-10-18(23)24/h1-9H,10-12H2,(H,21,22)(H,23,24)/b20-9+. The fourth-order valence-electron chi connectivity index (χ4n) is 1.88. The van der Waals surface area contributed by atoms with Crippen molar-refractivity contribution in [3.05, 3.63) is 64.1 Å². The number of rotatable bonds is 9. The highest BCUT2D eigenvalue weighted by molar-refractivity contribution is 9.10. The van der Waals surface area contributed by atoms with Crippen LogP contribution in [0.3, 0.4) is 0 Å². The minimum Gasteiger partial charge on any atom is -0.482 e. The third kappa shape index (κ3) is 7.28. The number of nitrogens with zero attached hydrogens (tertiary/aromatic N) is 1. The minimum absolute atomic E-state index is 0.181. The third-order valence-corrected chi connectivity index (χ3v) is 4.85. The molecule has 8 heteroatoms. The highest BCUT2D eigenvalue weighted by Crippen LogP contribution is 2.21. The van der Waals surface area contributed by atoms with E-state index in [9.17, 15) is 9.59 Å². The van der Waals surface area contributed by atoms with Gasteiger partial charge in [0.2, 0.25) is 5.91 Å². The molecule has 136 valence electrons. The summed E-state index contributed by atoms with van der Waals surface area (Å²) in [5.41, 5.74) is 4.37. The molecule has 0 aliphatic heterocycles. The van der Waals surface area contributed by atoms with Gasteiger partial charge in [-0.3, -0.25) is 4.79 Å². The van der Waals surface area contributed by atoms with Crippen LogP contribution in [0.15, 0.2) is 58.1 Å². The molecule has 26 heavy (non-hydrogen) atoms. The number of halogens is 1. The Morgan fingerprint density at radius 3 is 2.62 bits per heavy atom. The third-order valence-electron chi connectivity index (χ3n) is 3.09. The quantitative estimate of drug-likeness (QED) is 0.464. The molecule has 2 aromatic carbocycles. The number of carboxylic acid groups (broad SMARTS) is 1. The average Bonchev–Trinajstić information content (AvgIpc) is 2.62. The maximum atomic E-state index is 11.8. The number of benzene rings is 2. The summed E-state index contributed by atoms with van der Waals surface area (Å²) in [7, 11) is 0. The Labute approximate surface area is 163 Å². The van der Waals surface area contributed by atoms with Crippen molar-refractivity contribution in [1.29, 1.82) is 0 Å². The second-order valence-corrected chi connectivity index (χ2v) is 6.97. The second kappa shape index (κ2) is 10.6. The van der Waals surface area contributed by atoms with Crippen molar-refractivity contribution in [3.8, 4) is 5.75 Å². The van der Waals surface area contributed by atoms with Crippen LogP contribution in [0.4, 0.5) is 0 Å². The molecule has 1 amide bonds. The zero-order chi connectivity index (χ0) is 18.8. The van der Waals surface area contributed by atoms with E-state index in [0.717, 1.165) is 21.4 Å². The van der Waals surface area contributed by atoms with Gasteiger partial charge in [0.25, 0.3) is 0 Å². The van der Waals surface area contributed by atoms with E-state index in [1.54, 1.807) is 24.3 Å². The van der Waals surface area contributed by atoms with Gasteiger partial charge < -0.3 is 9.84 Å². The van der Waals surface area contributed by atoms with Crippen LogP contribution < -0.4 is 10.2 Å². The molecule has 0 aliphatic rings. The van der Waals surface area contributed by atoms with Gasteiger partial charge in [-0.1, -0.05) is 34.1 Å². The lowest BCUT2D eigenvalue weighted by atomic mass is 10.2. The first-order valence-electron chi connectivity index (χ1n) is 7.62. The van der Waals surface area contributed by atoms with E-state index < -0.39 is 5.97 Å². The summed E-state index contributed by atoms with van der Waals surface area (Å²) >= 11 is 4.98. The summed E-state index contributed by atoms with van der Waals surface area (Å²) in [5, 5.41) is 12.5. The molecule has 0 aromatic heterocycles. The van der Waals surface area contributed by atoms with Gasteiger partial charge in [0.05, 0.1) is 12.0 Å². The maximum absolute atomic E-state index is 11.8. The van der Waals surface area contributed by atoms with Crippen molar-refractivity contribution in [1.82, 2.24) is 5.43 Å². The van der Waals surface area contributed by atoms with Gasteiger partial charge in [0.1, 0.15) is 5.75 Å². The first kappa shape index (κ1) is 20.0. The molecule has 2 aromatic rings.